The Balaban J connectivity index is 1.92. The van der Waals surface area contributed by atoms with Crippen LogP contribution in [-0.2, 0) is 0 Å². The van der Waals surface area contributed by atoms with Crippen LogP contribution in [0.4, 0.5) is 5.69 Å². The third kappa shape index (κ3) is 3.32. The predicted molar refractivity (Wildman–Crippen MR) is 101 cm³/mol. The van der Waals surface area contributed by atoms with Crippen molar-refractivity contribution >= 4 is 27.8 Å². The van der Waals surface area contributed by atoms with E-state index in [-0.39, 0.29) is 0 Å². The molecule has 4 heteroatoms. The van der Waals surface area contributed by atoms with Crippen LogP contribution in [0.25, 0.3) is 5.69 Å². The highest BCUT2D eigenvalue weighted by Gasteiger charge is 2.09. The summed E-state index contributed by atoms with van der Waals surface area (Å²) in [5.74, 6) is 0. The molecule has 0 aliphatic rings. The fraction of sp³-hybridized carbons (Fsp3) is 0.100. The molecule has 0 aliphatic heterocycles. The molecule has 0 fully saturated rings. The summed E-state index contributed by atoms with van der Waals surface area (Å²) in [5, 5.41) is 8.84. The van der Waals surface area contributed by atoms with E-state index in [4.69, 9.17) is 5.26 Å². The largest absolute Gasteiger partial charge is 0.318 e. The molecule has 0 radical (unpaired) electrons. The zero-order valence-corrected chi connectivity index (χ0v) is 15.1. The normalized spacial score (nSPS) is 10.9. The molecular formula is C20H16BrN3. The summed E-state index contributed by atoms with van der Waals surface area (Å²) < 4.78 is 3.28. The van der Waals surface area contributed by atoms with Crippen LogP contribution in [0.3, 0.4) is 0 Å². The van der Waals surface area contributed by atoms with Gasteiger partial charge in [-0.2, -0.15) is 5.26 Å². The van der Waals surface area contributed by atoms with Gasteiger partial charge in [0.1, 0.15) is 0 Å². The van der Waals surface area contributed by atoms with Crippen LogP contribution in [0.1, 0.15) is 22.5 Å². The first-order chi connectivity index (χ1) is 11.6. The summed E-state index contributed by atoms with van der Waals surface area (Å²) in [4.78, 5) is 4.52. The molecule has 2 aromatic carbocycles. The quantitative estimate of drug-likeness (QED) is 0.557. The van der Waals surface area contributed by atoms with Gasteiger partial charge in [0.05, 0.1) is 17.3 Å². The Bertz CT molecular complexity index is 927. The minimum atomic E-state index is 0.641. The van der Waals surface area contributed by atoms with Gasteiger partial charge in [-0.3, -0.25) is 4.99 Å². The summed E-state index contributed by atoms with van der Waals surface area (Å²) in [6, 6.07) is 19.8. The van der Waals surface area contributed by atoms with Gasteiger partial charge in [0.2, 0.25) is 0 Å². The van der Waals surface area contributed by atoms with Crippen molar-refractivity contribution in [2.45, 2.75) is 13.8 Å². The fourth-order valence-electron chi connectivity index (χ4n) is 2.67. The first-order valence-corrected chi connectivity index (χ1v) is 8.37. The monoisotopic (exact) mass is 377 g/mol. The lowest BCUT2D eigenvalue weighted by molar-refractivity contribution is 0.964. The predicted octanol–water partition coefficient (Wildman–Crippen LogP) is 5.48. The lowest BCUT2D eigenvalue weighted by Gasteiger charge is -2.09. The zero-order chi connectivity index (χ0) is 17.1. The third-order valence-electron chi connectivity index (χ3n) is 3.90. The molecule has 3 aromatic rings. The summed E-state index contributed by atoms with van der Waals surface area (Å²) in [6.45, 7) is 4.18. The second-order valence-corrected chi connectivity index (χ2v) is 6.47. The standard InChI is InChI=1S/C20H16BrN3/c1-14-11-17(13-23-19-7-3-16(12-22)4-8-19)15(2)24(14)20-9-5-18(21)6-10-20/h3-11,13H,1-2H3. The highest BCUT2D eigenvalue weighted by atomic mass is 79.9. The second-order valence-electron chi connectivity index (χ2n) is 5.56. The van der Waals surface area contributed by atoms with Crippen molar-refractivity contribution in [3.63, 3.8) is 0 Å². The van der Waals surface area contributed by atoms with E-state index in [1.807, 2.05) is 30.5 Å². The molecule has 3 rings (SSSR count). The maximum Gasteiger partial charge on any atom is 0.0991 e. The van der Waals surface area contributed by atoms with E-state index in [2.05, 4.69) is 63.6 Å². The molecule has 3 nitrogen and oxygen atoms in total. The Morgan fingerprint density at radius 1 is 1.04 bits per heavy atom. The van der Waals surface area contributed by atoms with Crippen LogP contribution in [0.2, 0.25) is 0 Å². The highest BCUT2D eigenvalue weighted by molar-refractivity contribution is 9.10. The minimum Gasteiger partial charge on any atom is -0.318 e. The second kappa shape index (κ2) is 6.86. The van der Waals surface area contributed by atoms with Crippen molar-refractivity contribution < 1.29 is 0 Å². The lowest BCUT2D eigenvalue weighted by atomic mass is 10.2. The van der Waals surface area contributed by atoms with E-state index < -0.39 is 0 Å². The number of halogens is 1. The number of aliphatic imine (C=N–C) groups is 1. The SMILES string of the molecule is Cc1cc(C=Nc2ccc(C#N)cc2)c(C)n1-c1ccc(Br)cc1. The molecule has 0 saturated carbocycles. The Morgan fingerprint density at radius 2 is 1.71 bits per heavy atom. The van der Waals surface area contributed by atoms with Gasteiger partial charge in [-0.1, -0.05) is 15.9 Å². The molecule has 0 bridgehead atoms. The van der Waals surface area contributed by atoms with Gasteiger partial charge in [-0.05, 0) is 68.4 Å². The van der Waals surface area contributed by atoms with Gasteiger partial charge in [0.15, 0.2) is 0 Å². The van der Waals surface area contributed by atoms with Gasteiger partial charge in [0, 0.05) is 33.3 Å². The van der Waals surface area contributed by atoms with E-state index in [1.165, 1.54) is 0 Å². The summed E-state index contributed by atoms with van der Waals surface area (Å²) in [5.41, 5.74) is 6.00. The Kier molecular flexibility index (Phi) is 4.64. The number of benzene rings is 2. The Morgan fingerprint density at radius 3 is 2.33 bits per heavy atom. The number of hydrogen-bond donors (Lipinski definition) is 0. The van der Waals surface area contributed by atoms with E-state index >= 15 is 0 Å². The van der Waals surface area contributed by atoms with E-state index in [1.54, 1.807) is 12.1 Å². The molecular weight excluding hydrogens is 362 g/mol. The van der Waals surface area contributed by atoms with E-state index in [0.717, 1.165) is 32.8 Å². The molecule has 0 unspecified atom stereocenters. The molecule has 0 amide bonds. The van der Waals surface area contributed by atoms with Crippen molar-refractivity contribution in [3.8, 4) is 11.8 Å². The van der Waals surface area contributed by atoms with Gasteiger partial charge >= 0.3 is 0 Å². The zero-order valence-electron chi connectivity index (χ0n) is 13.5. The number of hydrogen-bond acceptors (Lipinski definition) is 2. The van der Waals surface area contributed by atoms with Gasteiger partial charge in [0.25, 0.3) is 0 Å². The van der Waals surface area contributed by atoms with Gasteiger partial charge < -0.3 is 4.57 Å². The molecule has 1 heterocycles. The molecule has 1 aromatic heterocycles. The summed E-state index contributed by atoms with van der Waals surface area (Å²) >= 11 is 3.47. The number of nitriles is 1. The number of rotatable bonds is 3. The molecule has 0 saturated heterocycles. The maximum atomic E-state index is 8.84. The van der Waals surface area contributed by atoms with Crippen molar-refractivity contribution in [1.82, 2.24) is 4.57 Å². The molecule has 0 atom stereocenters. The van der Waals surface area contributed by atoms with E-state index in [0.29, 0.717) is 5.56 Å². The highest BCUT2D eigenvalue weighted by Crippen LogP contribution is 2.22. The fourth-order valence-corrected chi connectivity index (χ4v) is 2.94. The Labute approximate surface area is 150 Å². The smallest absolute Gasteiger partial charge is 0.0991 e. The number of aryl methyl sites for hydroxylation is 1. The summed E-state index contributed by atoms with van der Waals surface area (Å²) in [6.07, 6.45) is 1.87. The summed E-state index contributed by atoms with van der Waals surface area (Å²) in [7, 11) is 0. The van der Waals surface area contributed by atoms with Crippen LogP contribution in [0.15, 0.2) is 64.1 Å². The third-order valence-corrected chi connectivity index (χ3v) is 4.43. The van der Waals surface area contributed by atoms with Gasteiger partial charge in [-0.15, -0.1) is 0 Å². The molecule has 0 spiro atoms. The number of aromatic nitrogens is 1. The average molecular weight is 378 g/mol. The topological polar surface area (TPSA) is 41.1 Å². The van der Waals surface area contributed by atoms with Crippen molar-refractivity contribution in [2.75, 3.05) is 0 Å². The molecule has 0 N–H and O–H groups in total. The lowest BCUT2D eigenvalue weighted by Crippen LogP contribution is -1.99. The molecule has 24 heavy (non-hydrogen) atoms. The first-order valence-electron chi connectivity index (χ1n) is 7.57. The molecule has 0 aliphatic carbocycles. The maximum absolute atomic E-state index is 8.84. The van der Waals surface area contributed by atoms with E-state index in [9.17, 15) is 0 Å². The van der Waals surface area contributed by atoms with Crippen LogP contribution in [0.5, 0.6) is 0 Å². The average Bonchev–Trinajstić information content (AvgIpc) is 2.88. The van der Waals surface area contributed by atoms with Crippen LogP contribution >= 0.6 is 15.9 Å². The number of nitrogens with zero attached hydrogens (tertiary/aromatic N) is 3. The van der Waals surface area contributed by atoms with Gasteiger partial charge in [-0.25, -0.2) is 0 Å². The van der Waals surface area contributed by atoms with Crippen molar-refractivity contribution in [3.05, 3.63) is 81.6 Å². The first kappa shape index (κ1) is 16.2. The minimum absolute atomic E-state index is 0.641. The van der Waals surface area contributed by atoms with Crippen molar-refractivity contribution in [1.29, 1.82) is 5.26 Å². The van der Waals surface area contributed by atoms with Crippen LogP contribution in [-0.4, -0.2) is 10.8 Å². The van der Waals surface area contributed by atoms with Crippen LogP contribution in [0, 0.1) is 25.2 Å². The molecule has 118 valence electrons. The van der Waals surface area contributed by atoms with Crippen LogP contribution < -0.4 is 0 Å². The Hall–Kier alpha value is -2.64. The van der Waals surface area contributed by atoms with Crippen molar-refractivity contribution in [2.24, 2.45) is 4.99 Å².